The van der Waals surface area contributed by atoms with Crippen molar-refractivity contribution < 1.29 is 0 Å². The zero-order valence-corrected chi connectivity index (χ0v) is 37.8. The van der Waals surface area contributed by atoms with E-state index in [4.69, 9.17) is 0 Å². The summed E-state index contributed by atoms with van der Waals surface area (Å²) in [5.41, 5.74) is 21.5. The quantitative estimate of drug-likeness (QED) is 0.151. The van der Waals surface area contributed by atoms with E-state index in [1.165, 1.54) is 110 Å². The minimum absolute atomic E-state index is 0.507. The molecule has 0 fully saturated rings. The van der Waals surface area contributed by atoms with Gasteiger partial charge in [0.25, 0.3) is 0 Å². The molecule has 2 heteroatoms. The molecule has 13 aromatic rings. The average molecular weight is 877 g/mol. The smallest absolute Gasteiger partial charge is 0.0713 e. The molecule has 0 N–H and O–H groups in total. The lowest BCUT2D eigenvalue weighted by Gasteiger charge is -2.33. The van der Waals surface area contributed by atoms with Crippen LogP contribution in [0.25, 0.3) is 99.5 Å². The summed E-state index contributed by atoms with van der Waals surface area (Å²) < 4.78 is 4.90. The van der Waals surface area contributed by atoms with Gasteiger partial charge in [0, 0.05) is 32.9 Å². The largest absolute Gasteiger partial charge is 0.309 e. The number of hydrogen-bond donors (Lipinski definition) is 0. The first kappa shape index (κ1) is 39.2. The van der Waals surface area contributed by atoms with Gasteiger partial charge in [-0.2, -0.15) is 0 Å². The Bertz CT molecular complexity index is 4030. The molecule has 2 heterocycles. The van der Waals surface area contributed by atoms with Crippen LogP contribution in [0.1, 0.15) is 22.3 Å². The summed E-state index contributed by atoms with van der Waals surface area (Å²) in [6.07, 6.45) is 0. The number of fused-ring (bicyclic) bond motifs is 10. The summed E-state index contributed by atoms with van der Waals surface area (Å²) in [6, 6.07) is 98.5. The highest BCUT2D eigenvalue weighted by molar-refractivity contribution is 6.19. The third kappa shape index (κ3) is 5.92. The summed E-state index contributed by atoms with van der Waals surface area (Å²) in [6.45, 7) is 0. The lowest BCUT2D eigenvalue weighted by molar-refractivity contribution is 0.769. The molecule has 0 radical (unpaired) electrons. The average Bonchev–Trinajstić information content (AvgIpc) is 4.06. The van der Waals surface area contributed by atoms with Gasteiger partial charge in [-0.3, -0.25) is 0 Å². The summed E-state index contributed by atoms with van der Waals surface area (Å²) in [4.78, 5) is 0. The second-order valence-corrected chi connectivity index (χ2v) is 18.4. The standard InChI is InChI=1S/C67H44N2/c1-5-17-45(18-6-1)47-29-35-53(36-30-47)68-61-28-16-14-25-55(61)57-43-49(33-40-62(57)68)50-34-41-63-58(44-50)66-64(69(63)54-37-31-48(32-38-54)46-19-7-2-8-20-46)42-39-60-65(66)56-26-13-15-27-59(56)67(60,51-21-9-3-10-22-51)52-23-11-4-12-24-52/h1-44H. The summed E-state index contributed by atoms with van der Waals surface area (Å²) in [7, 11) is 0. The van der Waals surface area contributed by atoms with Crippen molar-refractivity contribution in [2.75, 3.05) is 0 Å². The number of hydrogen-bond acceptors (Lipinski definition) is 0. The summed E-state index contributed by atoms with van der Waals surface area (Å²) in [5.74, 6) is 0. The van der Waals surface area contributed by atoms with Crippen LogP contribution in [-0.2, 0) is 5.41 Å². The molecule has 0 unspecified atom stereocenters. The number of para-hydroxylation sites is 1. The van der Waals surface area contributed by atoms with E-state index in [1.54, 1.807) is 0 Å². The lowest BCUT2D eigenvalue weighted by atomic mass is 9.67. The first-order valence-corrected chi connectivity index (χ1v) is 23.9. The maximum Gasteiger partial charge on any atom is 0.0713 e. The molecule has 0 amide bonds. The SMILES string of the molecule is c1ccc(-c2ccc(-n3c4ccccc4c4cc(-c5ccc6c(c5)c5c7c(ccc5n6-c5ccc(-c6ccccc6)cc5)C(c5ccccc5)(c5ccccc5)c5ccccc5-7)ccc43)cc2)cc1. The van der Waals surface area contributed by atoms with Gasteiger partial charge in [0.05, 0.1) is 27.5 Å². The van der Waals surface area contributed by atoms with Crippen LogP contribution in [0.5, 0.6) is 0 Å². The molecule has 2 aromatic heterocycles. The van der Waals surface area contributed by atoms with Crippen LogP contribution in [0.15, 0.2) is 267 Å². The van der Waals surface area contributed by atoms with Crippen molar-refractivity contribution in [3.63, 3.8) is 0 Å². The Morgan fingerprint density at radius 1 is 0.261 bits per heavy atom. The van der Waals surface area contributed by atoms with Crippen molar-refractivity contribution in [3.8, 4) is 55.9 Å². The van der Waals surface area contributed by atoms with Crippen LogP contribution in [-0.4, -0.2) is 9.13 Å². The van der Waals surface area contributed by atoms with Crippen LogP contribution in [0, 0.1) is 0 Å². The second-order valence-electron chi connectivity index (χ2n) is 18.4. The van der Waals surface area contributed by atoms with Crippen molar-refractivity contribution in [3.05, 3.63) is 289 Å². The van der Waals surface area contributed by atoms with Crippen LogP contribution >= 0.6 is 0 Å². The summed E-state index contributed by atoms with van der Waals surface area (Å²) in [5, 5.41) is 4.99. The molecule has 1 aliphatic carbocycles. The Labute approximate surface area is 401 Å². The molecule has 2 nitrogen and oxygen atoms in total. The van der Waals surface area contributed by atoms with E-state index in [0.29, 0.717) is 0 Å². The maximum absolute atomic E-state index is 2.48. The van der Waals surface area contributed by atoms with E-state index in [0.717, 1.165) is 11.4 Å². The highest BCUT2D eigenvalue weighted by atomic mass is 15.0. The van der Waals surface area contributed by atoms with Gasteiger partial charge >= 0.3 is 0 Å². The highest BCUT2D eigenvalue weighted by Crippen LogP contribution is 2.59. The molecule has 14 rings (SSSR count). The van der Waals surface area contributed by atoms with Gasteiger partial charge in [0.15, 0.2) is 0 Å². The normalized spacial score (nSPS) is 12.8. The minimum Gasteiger partial charge on any atom is -0.309 e. The van der Waals surface area contributed by atoms with Crippen molar-refractivity contribution in [2.45, 2.75) is 5.41 Å². The molecule has 0 saturated carbocycles. The van der Waals surface area contributed by atoms with Gasteiger partial charge < -0.3 is 9.13 Å². The van der Waals surface area contributed by atoms with Crippen molar-refractivity contribution in [1.29, 1.82) is 0 Å². The zero-order chi connectivity index (χ0) is 45.5. The fraction of sp³-hybridized carbons (Fsp3) is 0.0149. The van der Waals surface area contributed by atoms with E-state index in [2.05, 4.69) is 276 Å². The molecule has 69 heavy (non-hydrogen) atoms. The zero-order valence-electron chi connectivity index (χ0n) is 37.8. The fourth-order valence-electron chi connectivity index (χ4n) is 11.8. The van der Waals surface area contributed by atoms with Gasteiger partial charge in [-0.1, -0.05) is 206 Å². The third-order valence-electron chi connectivity index (χ3n) is 14.8. The van der Waals surface area contributed by atoms with E-state index < -0.39 is 5.41 Å². The topological polar surface area (TPSA) is 9.86 Å². The predicted molar refractivity (Wildman–Crippen MR) is 289 cm³/mol. The predicted octanol–water partition coefficient (Wildman–Crippen LogP) is 17.2. The third-order valence-corrected chi connectivity index (χ3v) is 14.8. The molecule has 0 bridgehead atoms. The first-order valence-electron chi connectivity index (χ1n) is 23.9. The number of benzene rings is 11. The molecule has 322 valence electrons. The Balaban J connectivity index is 1.01. The highest BCUT2D eigenvalue weighted by Gasteiger charge is 2.47. The number of nitrogens with zero attached hydrogens (tertiary/aromatic N) is 2. The molecule has 1 aliphatic rings. The van der Waals surface area contributed by atoms with Crippen LogP contribution in [0.4, 0.5) is 0 Å². The number of aromatic nitrogens is 2. The molecule has 0 spiro atoms. The molecule has 11 aromatic carbocycles. The maximum atomic E-state index is 2.48. The Morgan fingerprint density at radius 3 is 1.28 bits per heavy atom. The molecule has 0 saturated heterocycles. The Kier molecular flexibility index (Phi) is 8.84. The van der Waals surface area contributed by atoms with Gasteiger partial charge in [-0.25, -0.2) is 0 Å². The van der Waals surface area contributed by atoms with Gasteiger partial charge in [0.2, 0.25) is 0 Å². The van der Waals surface area contributed by atoms with Gasteiger partial charge in [0.1, 0.15) is 0 Å². The van der Waals surface area contributed by atoms with E-state index in [9.17, 15) is 0 Å². The monoisotopic (exact) mass is 876 g/mol. The molecular formula is C67H44N2. The Morgan fingerprint density at radius 2 is 0.681 bits per heavy atom. The van der Waals surface area contributed by atoms with Crippen molar-refractivity contribution in [2.24, 2.45) is 0 Å². The minimum atomic E-state index is -0.507. The van der Waals surface area contributed by atoms with E-state index in [1.807, 2.05) is 0 Å². The van der Waals surface area contributed by atoms with E-state index in [-0.39, 0.29) is 0 Å². The molecule has 0 atom stereocenters. The van der Waals surface area contributed by atoms with Gasteiger partial charge in [-0.05, 0) is 127 Å². The van der Waals surface area contributed by atoms with Crippen molar-refractivity contribution in [1.82, 2.24) is 9.13 Å². The molecular weight excluding hydrogens is 833 g/mol. The first-order chi connectivity index (χ1) is 34.2. The van der Waals surface area contributed by atoms with Gasteiger partial charge in [-0.15, -0.1) is 0 Å². The van der Waals surface area contributed by atoms with Crippen LogP contribution in [0.3, 0.4) is 0 Å². The summed E-state index contributed by atoms with van der Waals surface area (Å²) >= 11 is 0. The van der Waals surface area contributed by atoms with Crippen LogP contribution in [0.2, 0.25) is 0 Å². The van der Waals surface area contributed by atoms with Crippen LogP contribution < -0.4 is 0 Å². The fourth-order valence-corrected chi connectivity index (χ4v) is 11.8. The lowest BCUT2D eigenvalue weighted by Crippen LogP contribution is -2.28. The molecule has 0 aliphatic heterocycles. The van der Waals surface area contributed by atoms with Crippen molar-refractivity contribution >= 4 is 43.6 Å². The van der Waals surface area contributed by atoms with E-state index >= 15 is 0 Å². The second kappa shape index (κ2) is 15.6. The number of rotatable bonds is 7. The Hall–Kier alpha value is -8.98.